The summed E-state index contributed by atoms with van der Waals surface area (Å²) >= 11 is 0. The lowest BCUT2D eigenvalue weighted by molar-refractivity contribution is -0.146. The summed E-state index contributed by atoms with van der Waals surface area (Å²) < 4.78 is 0. The van der Waals surface area contributed by atoms with Crippen molar-refractivity contribution in [3.8, 4) is 0 Å². The van der Waals surface area contributed by atoms with Crippen LogP contribution in [0, 0.1) is 16.7 Å². The smallest absolute Gasteiger partial charge is 0.0601 e. The molecule has 0 saturated heterocycles. The van der Waals surface area contributed by atoms with E-state index < -0.39 is 0 Å². The van der Waals surface area contributed by atoms with Crippen molar-refractivity contribution < 1.29 is 5.11 Å². The summed E-state index contributed by atoms with van der Waals surface area (Å²) in [5.41, 5.74) is 0.551. The van der Waals surface area contributed by atoms with E-state index in [2.05, 4.69) is 20.8 Å². The average molecular weight is 168 g/mol. The number of fused-ring (bicyclic) bond motifs is 3. The lowest BCUT2D eigenvalue weighted by Crippen LogP contribution is -2.54. The Bertz CT molecular complexity index is 197. The van der Waals surface area contributed by atoms with Crippen molar-refractivity contribution >= 4 is 0 Å². The molecule has 0 amide bonds. The molecule has 1 N–H and O–H groups in total. The fourth-order valence-corrected chi connectivity index (χ4v) is 3.29. The SMILES string of the molecule is CC1(C)C[C@H]2CC[C@@]1(C)[C@H](O)C2. The van der Waals surface area contributed by atoms with E-state index in [0.717, 1.165) is 12.3 Å². The normalized spacial score (nSPS) is 51.0. The lowest BCUT2D eigenvalue weighted by Gasteiger charge is -2.58. The van der Waals surface area contributed by atoms with Gasteiger partial charge in [-0.25, -0.2) is 0 Å². The van der Waals surface area contributed by atoms with Crippen LogP contribution in [0.5, 0.6) is 0 Å². The Hall–Kier alpha value is -0.0400. The van der Waals surface area contributed by atoms with E-state index in [0.29, 0.717) is 5.41 Å². The van der Waals surface area contributed by atoms with Gasteiger partial charge in [-0.15, -0.1) is 0 Å². The molecule has 3 atom stereocenters. The third-order valence-electron chi connectivity index (χ3n) is 4.71. The van der Waals surface area contributed by atoms with Gasteiger partial charge in [0.25, 0.3) is 0 Å². The first-order valence-electron chi connectivity index (χ1n) is 5.14. The highest BCUT2D eigenvalue weighted by molar-refractivity contribution is 5.04. The summed E-state index contributed by atoms with van der Waals surface area (Å²) in [5.74, 6) is 0.803. The molecule has 0 radical (unpaired) electrons. The quantitative estimate of drug-likeness (QED) is 0.589. The summed E-state index contributed by atoms with van der Waals surface area (Å²) in [6.07, 6.45) is 4.91. The molecule has 0 unspecified atom stereocenters. The monoisotopic (exact) mass is 168 g/mol. The molecule has 0 spiro atoms. The number of hydrogen-bond donors (Lipinski definition) is 1. The zero-order valence-corrected chi connectivity index (χ0v) is 8.43. The molecule has 0 aromatic carbocycles. The summed E-state index contributed by atoms with van der Waals surface area (Å²) in [7, 11) is 0. The summed E-state index contributed by atoms with van der Waals surface area (Å²) in [5, 5.41) is 9.99. The van der Waals surface area contributed by atoms with Crippen LogP contribution in [0.1, 0.15) is 46.5 Å². The highest BCUT2D eigenvalue weighted by Crippen LogP contribution is 2.59. The molecule has 3 aliphatic rings. The van der Waals surface area contributed by atoms with Crippen molar-refractivity contribution in [1.29, 1.82) is 0 Å². The van der Waals surface area contributed by atoms with E-state index in [-0.39, 0.29) is 11.5 Å². The predicted molar refractivity (Wildman–Crippen MR) is 49.9 cm³/mol. The zero-order valence-electron chi connectivity index (χ0n) is 8.43. The lowest BCUT2D eigenvalue weighted by atomic mass is 9.48. The van der Waals surface area contributed by atoms with Crippen LogP contribution in [0.4, 0.5) is 0 Å². The minimum atomic E-state index is -0.0417. The Labute approximate surface area is 75.2 Å². The molecule has 70 valence electrons. The van der Waals surface area contributed by atoms with Crippen LogP contribution in [-0.4, -0.2) is 11.2 Å². The van der Waals surface area contributed by atoms with Gasteiger partial charge in [-0.3, -0.25) is 0 Å². The molecule has 3 aliphatic carbocycles. The molecule has 0 aromatic heterocycles. The highest BCUT2D eigenvalue weighted by atomic mass is 16.3. The minimum absolute atomic E-state index is 0.0417. The molecular weight excluding hydrogens is 148 g/mol. The molecule has 2 bridgehead atoms. The predicted octanol–water partition coefficient (Wildman–Crippen LogP) is 2.58. The Morgan fingerprint density at radius 1 is 1.25 bits per heavy atom. The van der Waals surface area contributed by atoms with Crippen molar-refractivity contribution in [2.75, 3.05) is 0 Å². The minimum Gasteiger partial charge on any atom is -0.393 e. The van der Waals surface area contributed by atoms with Crippen molar-refractivity contribution in [2.45, 2.75) is 52.6 Å². The fourth-order valence-electron chi connectivity index (χ4n) is 3.29. The number of rotatable bonds is 0. The van der Waals surface area contributed by atoms with Crippen LogP contribution in [0.2, 0.25) is 0 Å². The number of hydrogen-bond acceptors (Lipinski definition) is 1. The van der Waals surface area contributed by atoms with Crippen molar-refractivity contribution in [1.82, 2.24) is 0 Å². The number of aliphatic hydroxyl groups excluding tert-OH is 1. The van der Waals surface area contributed by atoms with Crippen LogP contribution in [-0.2, 0) is 0 Å². The third kappa shape index (κ3) is 0.891. The van der Waals surface area contributed by atoms with Gasteiger partial charge >= 0.3 is 0 Å². The van der Waals surface area contributed by atoms with Gasteiger partial charge in [0.15, 0.2) is 0 Å². The maximum atomic E-state index is 9.99. The largest absolute Gasteiger partial charge is 0.393 e. The maximum Gasteiger partial charge on any atom is 0.0601 e. The van der Waals surface area contributed by atoms with Crippen molar-refractivity contribution in [3.05, 3.63) is 0 Å². The topological polar surface area (TPSA) is 20.2 Å². The molecule has 1 heteroatoms. The Morgan fingerprint density at radius 2 is 1.92 bits per heavy atom. The fraction of sp³-hybridized carbons (Fsp3) is 1.00. The van der Waals surface area contributed by atoms with Gasteiger partial charge in [0.05, 0.1) is 6.10 Å². The molecule has 3 fully saturated rings. The maximum absolute atomic E-state index is 9.99. The van der Waals surface area contributed by atoms with Crippen molar-refractivity contribution in [3.63, 3.8) is 0 Å². The Balaban J connectivity index is 2.33. The second kappa shape index (κ2) is 2.25. The van der Waals surface area contributed by atoms with Gasteiger partial charge in [0, 0.05) is 0 Å². The second-order valence-corrected chi connectivity index (χ2v) is 5.66. The molecule has 3 rings (SSSR count). The van der Waals surface area contributed by atoms with Gasteiger partial charge < -0.3 is 5.11 Å². The van der Waals surface area contributed by atoms with Crippen LogP contribution >= 0.6 is 0 Å². The van der Waals surface area contributed by atoms with Gasteiger partial charge in [-0.1, -0.05) is 20.8 Å². The second-order valence-electron chi connectivity index (χ2n) is 5.66. The molecule has 0 aliphatic heterocycles. The number of aliphatic hydroxyl groups is 1. The van der Waals surface area contributed by atoms with E-state index in [9.17, 15) is 5.11 Å². The molecule has 3 saturated carbocycles. The first-order chi connectivity index (χ1) is 5.46. The standard InChI is InChI=1S/C11H20O/c1-10(2)7-8-4-5-11(10,3)9(12)6-8/h8-9,12H,4-7H2,1-3H3/t8-,9+,11-/m0/s1. The van der Waals surface area contributed by atoms with E-state index in [1.165, 1.54) is 19.3 Å². The molecule has 0 heterocycles. The van der Waals surface area contributed by atoms with E-state index >= 15 is 0 Å². The zero-order chi connectivity index (χ0) is 8.98. The molecular formula is C11H20O. The Morgan fingerprint density at radius 3 is 2.33 bits per heavy atom. The Kier molecular flexibility index (Phi) is 1.61. The van der Waals surface area contributed by atoms with Gasteiger partial charge in [0.1, 0.15) is 0 Å². The van der Waals surface area contributed by atoms with Crippen LogP contribution in [0.15, 0.2) is 0 Å². The van der Waals surface area contributed by atoms with E-state index in [1.807, 2.05) is 0 Å². The van der Waals surface area contributed by atoms with Crippen LogP contribution < -0.4 is 0 Å². The van der Waals surface area contributed by atoms with E-state index in [4.69, 9.17) is 0 Å². The highest BCUT2D eigenvalue weighted by Gasteiger charge is 2.54. The van der Waals surface area contributed by atoms with Crippen LogP contribution in [0.25, 0.3) is 0 Å². The van der Waals surface area contributed by atoms with Crippen molar-refractivity contribution in [2.24, 2.45) is 16.7 Å². The summed E-state index contributed by atoms with van der Waals surface area (Å²) in [6.45, 7) is 6.91. The molecule has 1 nitrogen and oxygen atoms in total. The molecule has 12 heavy (non-hydrogen) atoms. The average Bonchev–Trinajstić information content (AvgIpc) is 1.93. The summed E-state index contributed by atoms with van der Waals surface area (Å²) in [4.78, 5) is 0. The van der Waals surface area contributed by atoms with Gasteiger partial charge in [-0.2, -0.15) is 0 Å². The van der Waals surface area contributed by atoms with Crippen LogP contribution in [0.3, 0.4) is 0 Å². The first kappa shape index (κ1) is 8.55. The van der Waals surface area contributed by atoms with E-state index in [1.54, 1.807) is 0 Å². The van der Waals surface area contributed by atoms with Gasteiger partial charge in [-0.05, 0) is 42.4 Å². The molecule has 0 aromatic rings. The third-order valence-corrected chi connectivity index (χ3v) is 4.71. The first-order valence-corrected chi connectivity index (χ1v) is 5.14. The van der Waals surface area contributed by atoms with Gasteiger partial charge in [0.2, 0.25) is 0 Å². The summed E-state index contributed by atoms with van der Waals surface area (Å²) in [6, 6.07) is 0.